The molecule has 0 aromatic rings. The monoisotopic (exact) mass is 929 g/mol. The molecule has 2 aliphatic heterocycles. The molecule has 2 saturated heterocycles. The Morgan fingerprint density at radius 3 is 1.52 bits per heavy atom. The van der Waals surface area contributed by atoms with E-state index in [1.54, 1.807) is 12.2 Å². The van der Waals surface area contributed by atoms with Gasteiger partial charge in [0.2, 0.25) is 0 Å². The lowest BCUT2D eigenvalue weighted by atomic mass is 9.98. The number of unbranched alkanes of at least 4 members (excludes halogenated alkanes) is 21. The van der Waals surface area contributed by atoms with Gasteiger partial charge in [0, 0.05) is 12.5 Å². The highest BCUT2D eigenvalue weighted by Gasteiger charge is 2.47. The van der Waals surface area contributed by atoms with Crippen molar-refractivity contribution in [3.8, 4) is 0 Å². The van der Waals surface area contributed by atoms with Crippen LogP contribution in [0.5, 0.6) is 0 Å². The molecule has 0 aromatic heterocycles. The van der Waals surface area contributed by atoms with Gasteiger partial charge in [-0.15, -0.1) is 0 Å². The molecule has 0 spiro atoms. The number of aliphatic hydroxyl groups excluding tert-OH is 7. The van der Waals surface area contributed by atoms with E-state index < -0.39 is 99.3 Å². The van der Waals surface area contributed by atoms with Gasteiger partial charge in [0.1, 0.15) is 55.4 Å². The van der Waals surface area contributed by atoms with Crippen molar-refractivity contribution in [1.29, 1.82) is 0 Å². The summed E-state index contributed by atoms with van der Waals surface area (Å²) in [4.78, 5) is 25.6. The van der Waals surface area contributed by atoms with Crippen LogP contribution >= 0.6 is 0 Å². The maximum atomic E-state index is 13.0. The minimum absolute atomic E-state index is 0.136. The van der Waals surface area contributed by atoms with Crippen molar-refractivity contribution in [3.05, 3.63) is 36.5 Å². The number of hydrogen-bond acceptors (Lipinski definition) is 15. The van der Waals surface area contributed by atoms with Gasteiger partial charge in [0.25, 0.3) is 0 Å². The summed E-state index contributed by atoms with van der Waals surface area (Å²) in [6.07, 6.45) is 22.4. The first-order chi connectivity index (χ1) is 31.5. The lowest BCUT2D eigenvalue weighted by Gasteiger charge is -2.42. The van der Waals surface area contributed by atoms with Gasteiger partial charge >= 0.3 is 11.9 Å². The maximum Gasteiger partial charge on any atom is 0.330 e. The average Bonchev–Trinajstić information content (AvgIpc) is 3.30. The van der Waals surface area contributed by atoms with Crippen LogP contribution in [0.15, 0.2) is 36.5 Å². The second-order valence-corrected chi connectivity index (χ2v) is 17.7. The minimum Gasteiger partial charge on any atom is -0.458 e. The second kappa shape index (κ2) is 37.7. The molecule has 0 aliphatic carbocycles. The summed E-state index contributed by atoms with van der Waals surface area (Å²) >= 11 is 0. The van der Waals surface area contributed by atoms with Crippen LogP contribution < -0.4 is 0 Å². The molecule has 15 heteroatoms. The van der Waals surface area contributed by atoms with Gasteiger partial charge in [0.05, 0.1) is 19.8 Å². The fourth-order valence-electron chi connectivity index (χ4n) is 7.77. The summed E-state index contributed by atoms with van der Waals surface area (Å²) in [6, 6.07) is 0. The minimum atomic E-state index is -1.78. The van der Waals surface area contributed by atoms with Crippen LogP contribution in [-0.2, 0) is 38.0 Å². The van der Waals surface area contributed by atoms with E-state index in [4.69, 9.17) is 28.4 Å². The molecule has 2 fully saturated rings. The highest BCUT2D eigenvalue weighted by molar-refractivity contribution is 5.82. The zero-order chi connectivity index (χ0) is 47.5. The summed E-state index contributed by atoms with van der Waals surface area (Å²) in [7, 11) is 0. The summed E-state index contributed by atoms with van der Waals surface area (Å²) < 4.78 is 33.3. The lowest BCUT2D eigenvalue weighted by Crippen LogP contribution is -2.61. The second-order valence-electron chi connectivity index (χ2n) is 17.7. The highest BCUT2D eigenvalue weighted by Crippen LogP contribution is 2.26. The van der Waals surface area contributed by atoms with Crippen molar-refractivity contribution in [1.82, 2.24) is 0 Å². The molecule has 65 heavy (non-hydrogen) atoms. The first kappa shape index (κ1) is 58.8. The van der Waals surface area contributed by atoms with E-state index in [2.05, 4.69) is 26.0 Å². The Kier molecular flexibility index (Phi) is 34.1. The molecule has 11 atom stereocenters. The van der Waals surface area contributed by atoms with E-state index in [-0.39, 0.29) is 13.0 Å². The Balaban J connectivity index is 1.86. The summed E-state index contributed by atoms with van der Waals surface area (Å²) in [5.41, 5.74) is 0. The van der Waals surface area contributed by atoms with Crippen LogP contribution in [-0.4, -0.2) is 142 Å². The molecule has 2 rings (SSSR count). The van der Waals surface area contributed by atoms with Crippen LogP contribution in [0.3, 0.4) is 0 Å². The molecule has 0 radical (unpaired) electrons. The summed E-state index contributed by atoms with van der Waals surface area (Å²) in [5, 5.41) is 72.0. The number of ether oxygens (including phenoxy) is 6. The first-order valence-corrected chi connectivity index (χ1v) is 25.1. The van der Waals surface area contributed by atoms with Gasteiger partial charge in [-0.3, -0.25) is 4.79 Å². The molecule has 2 heterocycles. The average molecular weight is 929 g/mol. The summed E-state index contributed by atoms with van der Waals surface area (Å²) in [5.74, 6) is -1.19. The summed E-state index contributed by atoms with van der Waals surface area (Å²) in [6.45, 7) is 2.44. The number of aliphatic hydroxyl groups is 7. The van der Waals surface area contributed by atoms with Crippen molar-refractivity contribution in [2.75, 3.05) is 26.4 Å². The predicted octanol–water partition coefficient (Wildman–Crippen LogP) is 6.54. The fraction of sp³-hybridized carbons (Fsp3) is 0.840. The normalized spacial score (nSPS) is 26.7. The number of rotatable bonds is 38. The van der Waals surface area contributed by atoms with Crippen molar-refractivity contribution in [2.45, 2.75) is 242 Å². The van der Waals surface area contributed by atoms with Crippen LogP contribution in [0.4, 0.5) is 0 Å². The van der Waals surface area contributed by atoms with E-state index in [9.17, 15) is 45.3 Å². The van der Waals surface area contributed by atoms with Crippen LogP contribution in [0, 0.1) is 0 Å². The molecule has 0 amide bonds. The third-order valence-corrected chi connectivity index (χ3v) is 11.9. The fourth-order valence-corrected chi connectivity index (χ4v) is 7.77. The largest absolute Gasteiger partial charge is 0.458 e. The molecule has 2 aliphatic rings. The molecule has 4 unspecified atom stereocenters. The number of esters is 2. The molecule has 15 nitrogen and oxygen atoms in total. The molecule has 0 saturated carbocycles. The Bertz CT molecular complexity index is 1280. The van der Waals surface area contributed by atoms with Gasteiger partial charge in [-0.25, -0.2) is 4.79 Å². The molecular formula is C50H88O15. The van der Waals surface area contributed by atoms with E-state index >= 15 is 0 Å². The third kappa shape index (κ3) is 26.2. The van der Waals surface area contributed by atoms with Crippen LogP contribution in [0.1, 0.15) is 174 Å². The van der Waals surface area contributed by atoms with Gasteiger partial charge in [0.15, 0.2) is 18.7 Å². The Hall–Kier alpha value is -2.28. The maximum absolute atomic E-state index is 13.0. The zero-order valence-corrected chi connectivity index (χ0v) is 39.7. The Morgan fingerprint density at radius 1 is 0.523 bits per heavy atom. The number of carbonyl (C=O) groups excluding carboxylic acids is 2. The van der Waals surface area contributed by atoms with E-state index in [1.807, 2.05) is 6.08 Å². The van der Waals surface area contributed by atoms with Crippen molar-refractivity contribution >= 4 is 11.9 Å². The van der Waals surface area contributed by atoms with Crippen LogP contribution in [0.25, 0.3) is 0 Å². The van der Waals surface area contributed by atoms with Crippen molar-refractivity contribution in [2.24, 2.45) is 0 Å². The standard InChI is InChI=1S/C50H88O15/c1-3-5-7-9-11-13-15-17-19-21-22-24-26-28-30-32-41(52)60-35-38(63-42(53)33-31-29-27-25-23-20-18-16-14-12-10-8-6-4-2)36-61-49-48(59)46(57)44(55)40(65-49)37-62-50-47(58)45(56)43(54)39(34-51)64-50/h16,18,26,28,30,32,38-40,43-51,54-59H,3-15,17,19-25,27,29,31,33-37H2,1-2H3/b18-16+,28-26+,32-30+/t38-,39-,40-,43+,44+,45?,46?,47?,48?,49-,50-/m1/s1. The smallest absolute Gasteiger partial charge is 0.330 e. The lowest BCUT2D eigenvalue weighted by molar-refractivity contribution is -0.332. The topological polar surface area (TPSA) is 231 Å². The van der Waals surface area contributed by atoms with Gasteiger partial charge in [-0.1, -0.05) is 153 Å². The van der Waals surface area contributed by atoms with E-state index in [0.29, 0.717) is 6.42 Å². The van der Waals surface area contributed by atoms with Crippen molar-refractivity contribution < 1.29 is 73.8 Å². The van der Waals surface area contributed by atoms with Crippen LogP contribution in [0.2, 0.25) is 0 Å². The van der Waals surface area contributed by atoms with E-state index in [0.717, 1.165) is 51.4 Å². The Labute approximate surface area is 389 Å². The van der Waals surface area contributed by atoms with Gasteiger partial charge in [-0.05, 0) is 44.9 Å². The quantitative estimate of drug-likeness (QED) is 0.0115. The molecule has 0 aromatic carbocycles. The van der Waals surface area contributed by atoms with Gasteiger partial charge in [-0.2, -0.15) is 0 Å². The number of hydrogen-bond donors (Lipinski definition) is 7. The molecule has 0 bridgehead atoms. The molecule has 378 valence electrons. The Morgan fingerprint density at radius 2 is 0.985 bits per heavy atom. The SMILES string of the molecule is CCCCCCC/C=C/CCCCCCCC(=O)O[C@H](COC(=O)/C=C/C=C/CCCCCCCCCCCCC)CO[C@@H]1O[C@H](CO[C@@H]2O[C@H](CO)[C@H](O)C(O)C2O)[C@H](O)C(O)C1O. The van der Waals surface area contributed by atoms with Crippen molar-refractivity contribution in [3.63, 3.8) is 0 Å². The predicted molar refractivity (Wildman–Crippen MR) is 247 cm³/mol. The molecular weight excluding hydrogens is 841 g/mol. The molecule has 7 N–H and O–H groups in total. The first-order valence-electron chi connectivity index (χ1n) is 25.1. The third-order valence-electron chi connectivity index (χ3n) is 11.9. The highest BCUT2D eigenvalue weighted by atomic mass is 16.7. The number of carbonyl (C=O) groups is 2. The number of allylic oxidation sites excluding steroid dienone is 5. The zero-order valence-electron chi connectivity index (χ0n) is 39.7. The van der Waals surface area contributed by atoms with Gasteiger partial charge < -0.3 is 64.2 Å². The van der Waals surface area contributed by atoms with E-state index in [1.165, 1.54) is 102 Å².